The molecule has 0 aliphatic carbocycles. The van der Waals surface area contributed by atoms with Gasteiger partial charge in [-0.3, -0.25) is 9.88 Å². The van der Waals surface area contributed by atoms with Crippen molar-refractivity contribution in [3.8, 4) is 11.4 Å². The Morgan fingerprint density at radius 1 is 1.15 bits per heavy atom. The van der Waals surface area contributed by atoms with Gasteiger partial charge in [0.25, 0.3) is 0 Å². The van der Waals surface area contributed by atoms with Crippen LogP contribution in [0.2, 0.25) is 0 Å². The molecular formula is C25H31N7OS. The number of pyridine rings is 1. The lowest BCUT2D eigenvalue weighted by molar-refractivity contribution is 0.122. The molecule has 34 heavy (non-hydrogen) atoms. The topological polar surface area (TPSA) is 73.4 Å². The van der Waals surface area contributed by atoms with Crippen molar-refractivity contribution in [2.24, 2.45) is 0 Å². The van der Waals surface area contributed by atoms with Crippen LogP contribution in [0.15, 0.2) is 30.7 Å². The van der Waals surface area contributed by atoms with Crippen molar-refractivity contribution < 1.29 is 4.74 Å². The van der Waals surface area contributed by atoms with E-state index < -0.39 is 0 Å². The van der Waals surface area contributed by atoms with Crippen LogP contribution in [0.3, 0.4) is 0 Å². The first kappa shape index (κ1) is 21.9. The molecule has 2 aliphatic rings. The van der Waals surface area contributed by atoms with Crippen molar-refractivity contribution in [1.82, 2.24) is 29.7 Å². The molecule has 8 nitrogen and oxygen atoms in total. The summed E-state index contributed by atoms with van der Waals surface area (Å²) in [4.78, 5) is 26.5. The summed E-state index contributed by atoms with van der Waals surface area (Å²) in [5, 5.41) is 1.05. The molecule has 6 heterocycles. The third-order valence-electron chi connectivity index (χ3n) is 7.11. The molecule has 4 aromatic rings. The molecule has 0 unspecified atom stereocenters. The molecule has 178 valence electrons. The minimum absolute atomic E-state index is 0.700. The van der Waals surface area contributed by atoms with Crippen LogP contribution in [-0.4, -0.2) is 89.3 Å². The zero-order chi connectivity index (χ0) is 23.1. The Morgan fingerprint density at radius 2 is 1.97 bits per heavy atom. The Labute approximate surface area is 203 Å². The molecule has 9 heteroatoms. The Morgan fingerprint density at radius 3 is 2.76 bits per heavy atom. The SMILES string of the molecule is CN(C)C1CCN(Cc2cc3nc(-c4c[nH]c5ccncc45)nc(N4CCOCC4)c3s2)CC1. The molecule has 0 amide bonds. The number of rotatable bonds is 5. The molecule has 0 bridgehead atoms. The summed E-state index contributed by atoms with van der Waals surface area (Å²) in [7, 11) is 4.39. The van der Waals surface area contributed by atoms with Gasteiger partial charge in [-0.1, -0.05) is 0 Å². The number of nitrogens with zero attached hydrogens (tertiary/aromatic N) is 6. The van der Waals surface area contributed by atoms with Crippen LogP contribution in [-0.2, 0) is 11.3 Å². The van der Waals surface area contributed by atoms with Gasteiger partial charge >= 0.3 is 0 Å². The molecule has 0 saturated carbocycles. The Hall–Kier alpha value is -2.59. The highest BCUT2D eigenvalue weighted by atomic mass is 32.1. The fourth-order valence-electron chi connectivity index (χ4n) is 5.11. The molecule has 0 atom stereocenters. The lowest BCUT2D eigenvalue weighted by Gasteiger charge is -2.34. The van der Waals surface area contributed by atoms with Crippen LogP contribution in [0, 0.1) is 0 Å². The predicted octanol–water partition coefficient (Wildman–Crippen LogP) is 3.60. The highest BCUT2D eigenvalue weighted by Crippen LogP contribution is 2.36. The largest absolute Gasteiger partial charge is 0.378 e. The third-order valence-corrected chi connectivity index (χ3v) is 8.21. The van der Waals surface area contributed by atoms with Gasteiger partial charge in [0, 0.05) is 78.7 Å². The van der Waals surface area contributed by atoms with E-state index in [0.717, 1.165) is 79.6 Å². The predicted molar refractivity (Wildman–Crippen MR) is 138 cm³/mol. The molecule has 2 aliphatic heterocycles. The van der Waals surface area contributed by atoms with Crippen LogP contribution in [0.1, 0.15) is 17.7 Å². The number of aromatic nitrogens is 4. The van der Waals surface area contributed by atoms with Gasteiger partial charge < -0.3 is 19.5 Å². The Kier molecular flexibility index (Phi) is 5.94. The van der Waals surface area contributed by atoms with Crippen LogP contribution >= 0.6 is 11.3 Å². The van der Waals surface area contributed by atoms with Gasteiger partial charge in [0.2, 0.25) is 0 Å². The smallest absolute Gasteiger partial charge is 0.164 e. The van der Waals surface area contributed by atoms with E-state index in [1.165, 1.54) is 22.4 Å². The lowest BCUT2D eigenvalue weighted by Crippen LogP contribution is -2.41. The number of likely N-dealkylation sites (tertiary alicyclic amines) is 1. The maximum atomic E-state index is 5.62. The van der Waals surface area contributed by atoms with Crippen LogP contribution in [0.4, 0.5) is 5.82 Å². The normalized spacial score (nSPS) is 18.5. The van der Waals surface area contributed by atoms with Crippen molar-refractivity contribution in [1.29, 1.82) is 0 Å². The molecule has 0 spiro atoms. The molecule has 2 fully saturated rings. The monoisotopic (exact) mass is 477 g/mol. The van der Waals surface area contributed by atoms with Gasteiger partial charge in [-0.05, 0) is 39.1 Å². The van der Waals surface area contributed by atoms with E-state index in [1.54, 1.807) is 6.20 Å². The second-order valence-corrected chi connectivity index (χ2v) is 10.6. The number of anilines is 1. The summed E-state index contributed by atoms with van der Waals surface area (Å²) in [5.74, 6) is 1.79. The summed E-state index contributed by atoms with van der Waals surface area (Å²) >= 11 is 1.85. The molecule has 2 saturated heterocycles. The van der Waals surface area contributed by atoms with Gasteiger partial charge in [0.15, 0.2) is 11.6 Å². The number of nitrogens with one attached hydrogen (secondary N) is 1. The zero-order valence-electron chi connectivity index (χ0n) is 19.8. The van der Waals surface area contributed by atoms with Gasteiger partial charge in [0.1, 0.15) is 0 Å². The number of ether oxygens (including phenoxy) is 1. The fraction of sp³-hybridized carbons (Fsp3) is 0.480. The maximum absolute atomic E-state index is 5.62. The van der Waals surface area contributed by atoms with E-state index >= 15 is 0 Å². The van der Waals surface area contributed by atoms with Crippen molar-refractivity contribution in [2.45, 2.75) is 25.4 Å². The van der Waals surface area contributed by atoms with Crippen molar-refractivity contribution >= 4 is 38.3 Å². The van der Waals surface area contributed by atoms with Crippen LogP contribution in [0.5, 0.6) is 0 Å². The average molecular weight is 478 g/mol. The van der Waals surface area contributed by atoms with Crippen LogP contribution < -0.4 is 4.90 Å². The quantitative estimate of drug-likeness (QED) is 0.471. The standard InChI is InChI=1S/C25H31N7OS/c1-30(2)17-4-7-31(8-5-17)16-18-13-22-23(34-18)25(32-9-11-33-12-10-32)29-24(28-22)20-15-27-21-3-6-26-14-19(20)21/h3,6,13-15,17,27H,4-5,7-12,16H2,1-2H3. The number of H-pyrrole nitrogens is 1. The number of fused-ring (bicyclic) bond motifs is 2. The third kappa shape index (κ3) is 4.17. The van der Waals surface area contributed by atoms with Crippen molar-refractivity contribution in [2.75, 3.05) is 58.4 Å². The number of hydrogen-bond acceptors (Lipinski definition) is 8. The highest BCUT2D eigenvalue weighted by molar-refractivity contribution is 7.19. The molecule has 0 radical (unpaired) electrons. The van der Waals surface area contributed by atoms with E-state index in [2.05, 4.69) is 44.8 Å². The second kappa shape index (κ2) is 9.22. The van der Waals surface area contributed by atoms with Crippen molar-refractivity contribution in [3.05, 3.63) is 35.6 Å². The van der Waals surface area contributed by atoms with E-state index in [4.69, 9.17) is 14.7 Å². The molecule has 6 rings (SSSR count). The second-order valence-electron chi connectivity index (χ2n) is 9.49. The van der Waals surface area contributed by atoms with E-state index in [0.29, 0.717) is 6.04 Å². The van der Waals surface area contributed by atoms with Gasteiger partial charge in [-0.2, -0.15) is 0 Å². The Bertz CT molecular complexity index is 1290. The van der Waals surface area contributed by atoms with E-state index in [-0.39, 0.29) is 0 Å². The highest BCUT2D eigenvalue weighted by Gasteiger charge is 2.24. The summed E-state index contributed by atoms with van der Waals surface area (Å²) in [6, 6.07) is 4.97. The number of morpholine rings is 1. The van der Waals surface area contributed by atoms with Gasteiger partial charge in [-0.25, -0.2) is 9.97 Å². The number of piperidine rings is 1. The lowest BCUT2D eigenvalue weighted by atomic mass is 10.0. The number of aromatic amines is 1. The molecule has 4 aromatic heterocycles. The number of hydrogen-bond donors (Lipinski definition) is 1. The summed E-state index contributed by atoms with van der Waals surface area (Å²) in [5.41, 5.74) is 3.08. The molecule has 1 N–H and O–H groups in total. The first-order chi connectivity index (χ1) is 16.7. The van der Waals surface area contributed by atoms with E-state index in [9.17, 15) is 0 Å². The van der Waals surface area contributed by atoms with Gasteiger partial charge in [0.05, 0.1) is 23.4 Å². The minimum Gasteiger partial charge on any atom is -0.378 e. The summed E-state index contributed by atoms with van der Waals surface area (Å²) in [6.07, 6.45) is 8.15. The van der Waals surface area contributed by atoms with E-state index in [1.807, 2.05) is 29.8 Å². The fourth-order valence-corrected chi connectivity index (χ4v) is 6.27. The summed E-state index contributed by atoms with van der Waals surface area (Å²) < 4.78 is 6.80. The van der Waals surface area contributed by atoms with Crippen LogP contribution in [0.25, 0.3) is 32.5 Å². The zero-order valence-corrected chi connectivity index (χ0v) is 20.6. The maximum Gasteiger partial charge on any atom is 0.164 e. The van der Waals surface area contributed by atoms with Crippen molar-refractivity contribution in [3.63, 3.8) is 0 Å². The first-order valence-corrected chi connectivity index (χ1v) is 12.9. The summed E-state index contributed by atoms with van der Waals surface area (Å²) in [6.45, 7) is 6.45. The average Bonchev–Trinajstić information content (AvgIpc) is 3.48. The van der Waals surface area contributed by atoms with Gasteiger partial charge in [-0.15, -0.1) is 11.3 Å². The minimum atomic E-state index is 0.700. The first-order valence-electron chi connectivity index (χ1n) is 12.1. The molecular weight excluding hydrogens is 446 g/mol. The number of thiophene rings is 1. The molecule has 0 aromatic carbocycles. The Balaban J connectivity index is 1.36.